The highest BCUT2D eigenvalue weighted by Crippen LogP contribution is 2.51. The Morgan fingerprint density at radius 2 is 1.98 bits per heavy atom. The van der Waals surface area contributed by atoms with Gasteiger partial charge in [0.15, 0.2) is 11.9 Å². The van der Waals surface area contributed by atoms with E-state index in [9.17, 15) is 24.1 Å². The highest BCUT2D eigenvalue weighted by Gasteiger charge is 2.56. The standard InChI is InChI=1S/C29H40FN4O9P/c1-16(2)41-26(37)17(3)32-44(39,43-18-10-11-22-20(14-18)19-8-6-7-9-21(19)33(22)5)40-15-23-25(36)29(4,30)27(42-23)34-13-12-24(35)31-28(34)38/h10-14,16-17,19,21,23,25,27,36H,6-9,15H2,1-5H3,(H,32,39)(H,31,35,38)/t17-,19?,21?,23+,25+,27+,29+,44?/m0/s1. The van der Waals surface area contributed by atoms with E-state index in [0.29, 0.717) is 12.0 Å². The van der Waals surface area contributed by atoms with E-state index in [0.717, 1.165) is 60.7 Å². The third kappa shape index (κ3) is 6.36. The van der Waals surface area contributed by atoms with Crippen molar-refractivity contribution in [1.29, 1.82) is 0 Å². The Hall–Kier alpha value is -3.03. The Morgan fingerprint density at radius 1 is 1.25 bits per heavy atom. The number of benzene rings is 1. The molecule has 1 aromatic carbocycles. The summed E-state index contributed by atoms with van der Waals surface area (Å²) in [6, 6.07) is 5.66. The van der Waals surface area contributed by atoms with Crippen molar-refractivity contribution < 1.29 is 37.4 Å². The smallest absolute Gasteiger partial charge is 0.459 e. The van der Waals surface area contributed by atoms with Crippen molar-refractivity contribution in [3.63, 3.8) is 0 Å². The molecule has 0 radical (unpaired) electrons. The van der Waals surface area contributed by atoms with E-state index in [2.05, 4.69) is 17.0 Å². The lowest BCUT2D eigenvalue weighted by atomic mass is 9.82. The number of aromatic amines is 1. The number of esters is 1. The lowest BCUT2D eigenvalue weighted by molar-refractivity contribution is -0.149. The van der Waals surface area contributed by atoms with E-state index in [-0.39, 0.29) is 5.75 Å². The zero-order valence-electron chi connectivity index (χ0n) is 25.4. The molecular formula is C29H40FN4O9P. The van der Waals surface area contributed by atoms with Crippen LogP contribution >= 0.6 is 7.75 Å². The van der Waals surface area contributed by atoms with Crippen LogP contribution in [0.15, 0.2) is 40.1 Å². The molecule has 242 valence electrons. The maximum atomic E-state index is 15.7. The molecule has 0 bridgehead atoms. The van der Waals surface area contributed by atoms with E-state index in [1.807, 2.05) is 17.1 Å². The van der Waals surface area contributed by atoms with Crippen LogP contribution in [0.1, 0.15) is 71.1 Å². The van der Waals surface area contributed by atoms with Crippen molar-refractivity contribution in [2.24, 2.45) is 0 Å². The molecule has 3 heterocycles. The van der Waals surface area contributed by atoms with Gasteiger partial charge in [-0.1, -0.05) is 12.8 Å². The van der Waals surface area contributed by atoms with Gasteiger partial charge in [-0.3, -0.25) is 23.7 Å². The van der Waals surface area contributed by atoms with Crippen LogP contribution in [0.4, 0.5) is 10.1 Å². The van der Waals surface area contributed by atoms with Gasteiger partial charge in [-0.15, -0.1) is 0 Å². The van der Waals surface area contributed by atoms with Crippen LogP contribution in [0, 0.1) is 0 Å². The van der Waals surface area contributed by atoms with Gasteiger partial charge in [0.1, 0.15) is 24.0 Å². The van der Waals surface area contributed by atoms with Gasteiger partial charge in [-0.05, 0) is 64.3 Å². The van der Waals surface area contributed by atoms with Gasteiger partial charge >= 0.3 is 19.4 Å². The molecule has 2 aliphatic heterocycles. The number of rotatable bonds is 10. The number of aromatic nitrogens is 2. The molecule has 13 nitrogen and oxygen atoms in total. The molecule has 2 fully saturated rings. The third-order valence-corrected chi connectivity index (χ3v) is 10.2. The molecule has 3 N–H and O–H groups in total. The minimum atomic E-state index is -4.39. The molecule has 1 saturated heterocycles. The first kappa shape index (κ1) is 32.4. The predicted molar refractivity (Wildman–Crippen MR) is 159 cm³/mol. The van der Waals surface area contributed by atoms with Gasteiger partial charge in [-0.2, -0.15) is 5.09 Å². The van der Waals surface area contributed by atoms with Gasteiger partial charge in [0.05, 0.1) is 12.7 Å². The molecule has 8 atom stereocenters. The number of hydrogen-bond donors (Lipinski definition) is 3. The molecule has 1 aromatic heterocycles. The highest BCUT2D eigenvalue weighted by atomic mass is 31.2. The molecule has 5 rings (SSSR count). The molecule has 1 saturated carbocycles. The van der Waals surface area contributed by atoms with Gasteiger partial charge in [0.2, 0.25) is 0 Å². The fourth-order valence-electron chi connectivity index (χ4n) is 6.31. The second kappa shape index (κ2) is 12.4. The zero-order chi connectivity index (χ0) is 32.0. The van der Waals surface area contributed by atoms with Crippen LogP contribution in [0.5, 0.6) is 5.75 Å². The van der Waals surface area contributed by atoms with E-state index in [1.165, 1.54) is 6.92 Å². The molecular weight excluding hydrogens is 598 g/mol. The van der Waals surface area contributed by atoms with Crippen LogP contribution < -0.4 is 25.8 Å². The summed E-state index contributed by atoms with van der Waals surface area (Å²) >= 11 is 0. The number of nitrogens with one attached hydrogen (secondary N) is 2. The van der Waals surface area contributed by atoms with Crippen molar-refractivity contribution in [3.05, 3.63) is 56.9 Å². The quantitative estimate of drug-likeness (QED) is 0.259. The number of aliphatic hydroxyl groups excluding tert-OH is 1. The average molecular weight is 639 g/mol. The number of nitrogens with zero attached hydrogens (tertiary/aromatic N) is 2. The van der Waals surface area contributed by atoms with Crippen LogP contribution in [-0.2, 0) is 23.4 Å². The second-order valence-electron chi connectivity index (χ2n) is 12.2. The van der Waals surface area contributed by atoms with E-state index in [1.54, 1.807) is 19.9 Å². The normalized spacial score (nSPS) is 30.0. The monoisotopic (exact) mass is 638 g/mol. The number of alkyl halides is 1. The molecule has 3 unspecified atom stereocenters. The van der Waals surface area contributed by atoms with Crippen LogP contribution in [0.25, 0.3) is 0 Å². The molecule has 44 heavy (non-hydrogen) atoms. The summed E-state index contributed by atoms with van der Waals surface area (Å²) in [4.78, 5) is 40.7. The number of carbonyl (C=O) groups is 1. The summed E-state index contributed by atoms with van der Waals surface area (Å²) in [7, 11) is -2.33. The van der Waals surface area contributed by atoms with Crippen molar-refractivity contribution in [2.75, 3.05) is 18.6 Å². The summed E-state index contributed by atoms with van der Waals surface area (Å²) in [5.41, 5.74) is -1.97. The largest absolute Gasteiger partial charge is 0.462 e. The summed E-state index contributed by atoms with van der Waals surface area (Å²) in [5.74, 6) is -0.151. The number of fused-ring (bicyclic) bond motifs is 3. The topological polar surface area (TPSA) is 161 Å². The van der Waals surface area contributed by atoms with Gasteiger partial charge in [0, 0.05) is 37.0 Å². The van der Waals surface area contributed by atoms with Crippen molar-refractivity contribution >= 4 is 19.4 Å². The number of carbonyl (C=O) groups excluding carboxylic acids is 1. The SMILES string of the molecule is CC(C)OC(=O)[C@H](C)NP(=O)(OC[C@H]1O[C@@H](n2ccc(=O)[nH]c2=O)[C@](C)(F)[C@@H]1O)Oc1ccc2c(c1)C1CCCCC1N2C. The first-order valence-electron chi connectivity index (χ1n) is 14.8. The third-order valence-electron chi connectivity index (χ3n) is 8.52. The molecule has 1 aliphatic carbocycles. The maximum Gasteiger partial charge on any atom is 0.459 e. The number of likely N-dealkylation sites (N-methyl/N-ethyl adjacent to an activating group) is 1. The zero-order valence-corrected chi connectivity index (χ0v) is 26.3. The Morgan fingerprint density at radius 3 is 2.68 bits per heavy atom. The van der Waals surface area contributed by atoms with E-state index >= 15 is 4.39 Å². The average Bonchev–Trinajstić information content (AvgIpc) is 3.36. The lowest BCUT2D eigenvalue weighted by Crippen LogP contribution is -2.43. The second-order valence-corrected chi connectivity index (χ2v) is 13.8. The van der Waals surface area contributed by atoms with E-state index < -0.39 is 67.8 Å². The fourth-order valence-corrected chi connectivity index (χ4v) is 7.80. The number of aliphatic hydroxyl groups is 1. The van der Waals surface area contributed by atoms with Crippen molar-refractivity contribution in [3.8, 4) is 5.75 Å². The lowest BCUT2D eigenvalue weighted by Gasteiger charge is -2.30. The fraction of sp³-hybridized carbons (Fsp3) is 0.621. The Labute approximate surface area is 254 Å². The number of hydrogen-bond acceptors (Lipinski definition) is 10. The Kier molecular flexibility index (Phi) is 9.12. The minimum absolute atomic E-state index is 0.240. The first-order valence-corrected chi connectivity index (χ1v) is 16.4. The predicted octanol–water partition coefficient (Wildman–Crippen LogP) is 3.13. The Balaban J connectivity index is 1.38. The van der Waals surface area contributed by atoms with E-state index in [4.69, 9.17) is 18.5 Å². The molecule has 3 aliphatic rings. The minimum Gasteiger partial charge on any atom is -0.462 e. The van der Waals surface area contributed by atoms with Crippen molar-refractivity contribution in [2.45, 2.75) is 102 Å². The molecule has 2 aromatic rings. The summed E-state index contributed by atoms with van der Waals surface area (Å²) in [6.07, 6.45) is 0.154. The summed E-state index contributed by atoms with van der Waals surface area (Å²) < 4.78 is 53.3. The molecule has 0 amide bonds. The number of halogens is 1. The van der Waals surface area contributed by atoms with Crippen molar-refractivity contribution in [1.82, 2.24) is 14.6 Å². The van der Waals surface area contributed by atoms with Gasteiger partial charge in [-0.25, -0.2) is 13.8 Å². The van der Waals surface area contributed by atoms with Crippen LogP contribution in [0.2, 0.25) is 0 Å². The highest BCUT2D eigenvalue weighted by molar-refractivity contribution is 7.52. The number of anilines is 1. The van der Waals surface area contributed by atoms with Crippen LogP contribution in [0.3, 0.4) is 0 Å². The Bertz CT molecular complexity index is 1550. The molecule has 15 heteroatoms. The first-order chi connectivity index (χ1) is 20.7. The van der Waals surface area contributed by atoms with Gasteiger partial charge < -0.3 is 24.0 Å². The summed E-state index contributed by atoms with van der Waals surface area (Å²) in [5, 5.41) is 13.4. The number of ether oxygens (including phenoxy) is 2. The molecule has 0 spiro atoms. The van der Waals surface area contributed by atoms with Crippen LogP contribution in [-0.4, -0.2) is 70.3 Å². The maximum absolute atomic E-state index is 15.7. The summed E-state index contributed by atoms with van der Waals surface area (Å²) in [6.45, 7) is 5.19. The number of H-pyrrole nitrogens is 1. The van der Waals surface area contributed by atoms with Gasteiger partial charge in [0.25, 0.3) is 5.56 Å².